The third-order valence-corrected chi connectivity index (χ3v) is 7.94. The Labute approximate surface area is 177 Å². The average Bonchev–Trinajstić information content (AvgIpc) is 3.53. The number of likely N-dealkylation sites (N-methyl/N-ethyl adjacent to an activating group) is 1. The fourth-order valence-corrected chi connectivity index (χ4v) is 5.65. The van der Waals surface area contributed by atoms with Gasteiger partial charge in [-0.2, -0.15) is 0 Å². The van der Waals surface area contributed by atoms with Crippen LogP contribution in [0.1, 0.15) is 57.1 Å². The minimum Gasteiger partial charge on any atom is -0.598 e. The molecule has 6 heteroatoms. The monoisotopic (exact) mass is 422 g/mol. The van der Waals surface area contributed by atoms with E-state index < -0.39 is 11.4 Å². The van der Waals surface area contributed by atoms with Crippen LogP contribution >= 0.6 is 11.6 Å². The summed E-state index contributed by atoms with van der Waals surface area (Å²) in [4.78, 5) is 15.5. The van der Waals surface area contributed by atoms with Gasteiger partial charge >= 0.3 is 0 Å². The first-order chi connectivity index (χ1) is 13.5. The topological polar surface area (TPSA) is 46.6 Å². The number of rotatable bonds is 9. The van der Waals surface area contributed by atoms with Gasteiger partial charge in [-0.15, -0.1) is 10.9 Å². The lowest BCUT2D eigenvalue weighted by Gasteiger charge is -2.44. The molecule has 1 heterocycles. The van der Waals surface area contributed by atoms with Crippen LogP contribution in [0.4, 0.5) is 0 Å². The highest BCUT2D eigenvalue weighted by molar-refractivity contribution is 7.90. The number of carbonyl (C=O) groups excluding carboxylic acids is 1. The number of piperidine rings is 1. The number of hydrogen-bond acceptors (Lipinski definition) is 3. The van der Waals surface area contributed by atoms with E-state index in [1.54, 1.807) is 0 Å². The Morgan fingerprint density at radius 3 is 2.57 bits per heavy atom. The van der Waals surface area contributed by atoms with Crippen LogP contribution < -0.4 is 0 Å². The number of likely N-dealkylation sites (tertiary alicyclic amines) is 1. The van der Waals surface area contributed by atoms with Crippen molar-refractivity contribution in [3.63, 3.8) is 0 Å². The number of benzene rings is 1. The molecule has 1 aliphatic heterocycles. The van der Waals surface area contributed by atoms with Crippen LogP contribution in [0.5, 0.6) is 0 Å². The molecule has 1 saturated heterocycles. The fourth-order valence-electron chi connectivity index (χ4n) is 4.16. The molecule has 0 N–H and O–H groups in total. The van der Waals surface area contributed by atoms with Crippen LogP contribution in [0.15, 0.2) is 36.9 Å². The molecule has 1 aliphatic carbocycles. The van der Waals surface area contributed by atoms with Crippen molar-refractivity contribution in [2.24, 2.45) is 5.92 Å². The van der Waals surface area contributed by atoms with Crippen molar-refractivity contribution in [2.45, 2.75) is 62.8 Å². The second-order valence-corrected chi connectivity index (χ2v) is 10.2. The summed E-state index contributed by atoms with van der Waals surface area (Å²) < 4.78 is 14.5. The van der Waals surface area contributed by atoms with Crippen molar-refractivity contribution in [3.8, 4) is 0 Å². The Balaban J connectivity index is 1.84. The third-order valence-electron chi connectivity index (χ3n) is 5.88. The van der Waals surface area contributed by atoms with Gasteiger partial charge in [0.25, 0.3) is 0 Å². The quantitative estimate of drug-likeness (QED) is 0.426. The first-order valence-corrected chi connectivity index (χ1v) is 11.8. The van der Waals surface area contributed by atoms with E-state index in [9.17, 15) is 9.35 Å². The third kappa shape index (κ3) is 4.93. The molecule has 0 bridgehead atoms. The Bertz CT molecular complexity index is 680. The molecule has 154 valence electrons. The molecule has 3 rings (SSSR count). The fraction of sp³-hybridized carbons (Fsp3) is 0.591. The lowest BCUT2D eigenvalue weighted by Crippen LogP contribution is -2.53. The average molecular weight is 423 g/mol. The van der Waals surface area contributed by atoms with Crippen molar-refractivity contribution >= 4 is 28.9 Å². The van der Waals surface area contributed by atoms with Gasteiger partial charge in [-0.1, -0.05) is 36.7 Å². The van der Waals surface area contributed by atoms with Crippen LogP contribution in [0.2, 0.25) is 5.02 Å². The summed E-state index contributed by atoms with van der Waals surface area (Å²) in [5.74, 6) is 0.192. The molecule has 2 aliphatic rings. The van der Waals surface area contributed by atoms with Crippen LogP contribution in [0.3, 0.4) is 0 Å². The highest BCUT2D eigenvalue weighted by atomic mass is 35.5. The van der Waals surface area contributed by atoms with Crippen LogP contribution in [-0.2, 0) is 16.2 Å². The number of halogens is 1. The number of nitrogens with zero attached hydrogens (tertiary/aromatic N) is 2. The van der Waals surface area contributed by atoms with E-state index >= 15 is 0 Å². The molecule has 28 heavy (non-hydrogen) atoms. The van der Waals surface area contributed by atoms with Crippen molar-refractivity contribution in [3.05, 3.63) is 47.5 Å². The number of amides is 1. The maximum Gasteiger partial charge on any atom is 0.226 e. The zero-order valence-corrected chi connectivity index (χ0v) is 18.4. The standard InChI is InChI=1S/C22H31ClN2O2S/c1-4-6-17-9-14-21(16-7-10-18(23)11-8-16)25(22(17)26)19(5-2)15-24(3)28(27)20-12-13-20/h4,7-8,10-11,17,19-21H,1,5-6,9,12-15H2,2-3H3/t17-,19?,21?,28?/m0/s1. The molecule has 4 atom stereocenters. The van der Waals surface area contributed by atoms with E-state index in [1.165, 1.54) is 0 Å². The second-order valence-electron chi connectivity index (χ2n) is 7.96. The molecule has 0 radical (unpaired) electrons. The zero-order valence-electron chi connectivity index (χ0n) is 16.9. The minimum atomic E-state index is -0.952. The van der Waals surface area contributed by atoms with Crippen molar-refractivity contribution in [1.82, 2.24) is 9.21 Å². The number of carbonyl (C=O) groups is 1. The lowest BCUT2D eigenvalue weighted by molar-refractivity contribution is -0.145. The Morgan fingerprint density at radius 2 is 2.00 bits per heavy atom. The summed E-state index contributed by atoms with van der Waals surface area (Å²) in [6.45, 7) is 6.58. The van der Waals surface area contributed by atoms with E-state index in [2.05, 4.69) is 18.4 Å². The summed E-state index contributed by atoms with van der Waals surface area (Å²) in [7, 11) is 1.92. The normalized spacial score (nSPS) is 25.0. The Kier molecular flexibility index (Phi) is 7.48. The van der Waals surface area contributed by atoms with Gasteiger partial charge in [0.1, 0.15) is 5.25 Å². The molecule has 1 amide bonds. The van der Waals surface area contributed by atoms with Crippen LogP contribution in [0, 0.1) is 5.92 Å². The molecule has 3 unspecified atom stereocenters. The number of allylic oxidation sites excluding steroid dienone is 1. The van der Waals surface area contributed by atoms with Gasteiger partial charge in [0.15, 0.2) is 0 Å². The van der Waals surface area contributed by atoms with E-state index in [-0.39, 0.29) is 23.9 Å². The molecule has 2 fully saturated rings. The zero-order chi connectivity index (χ0) is 20.3. The van der Waals surface area contributed by atoms with Gasteiger partial charge in [-0.3, -0.25) is 4.79 Å². The van der Waals surface area contributed by atoms with Gasteiger partial charge in [0.2, 0.25) is 5.91 Å². The SMILES string of the molecule is C=CC[C@H]1CCC(c2ccc(Cl)cc2)N(C(CC)CN(C)[S+]([O-])C2CC2)C1=O. The predicted molar refractivity (Wildman–Crippen MR) is 116 cm³/mol. The van der Waals surface area contributed by atoms with Crippen molar-refractivity contribution < 1.29 is 9.35 Å². The molecular weight excluding hydrogens is 392 g/mol. The predicted octanol–water partition coefficient (Wildman–Crippen LogP) is 4.73. The Morgan fingerprint density at radius 1 is 1.32 bits per heavy atom. The minimum absolute atomic E-state index is 0.00524. The van der Waals surface area contributed by atoms with E-state index in [4.69, 9.17) is 11.6 Å². The van der Waals surface area contributed by atoms with Gasteiger partial charge in [-0.25, -0.2) is 0 Å². The first kappa shape index (κ1) is 21.7. The summed E-state index contributed by atoms with van der Waals surface area (Å²) >= 11 is 5.12. The lowest BCUT2D eigenvalue weighted by atomic mass is 9.85. The molecule has 1 aromatic rings. The molecule has 4 nitrogen and oxygen atoms in total. The van der Waals surface area contributed by atoms with Gasteiger partial charge in [0, 0.05) is 48.2 Å². The van der Waals surface area contributed by atoms with E-state index in [0.717, 1.165) is 37.7 Å². The van der Waals surface area contributed by atoms with Gasteiger partial charge in [0.05, 0.1) is 12.6 Å². The maximum absolute atomic E-state index is 13.4. The smallest absolute Gasteiger partial charge is 0.226 e. The molecular formula is C22H31ClN2O2S. The summed E-state index contributed by atoms with van der Waals surface area (Å²) in [6, 6.07) is 7.92. The largest absolute Gasteiger partial charge is 0.598 e. The summed E-state index contributed by atoms with van der Waals surface area (Å²) in [5, 5.41) is 1.01. The Hall–Kier alpha value is -1.01. The van der Waals surface area contributed by atoms with Gasteiger partial charge in [-0.05, 0) is 43.4 Å². The highest BCUT2D eigenvalue weighted by Gasteiger charge is 2.42. The van der Waals surface area contributed by atoms with Crippen LogP contribution in [0.25, 0.3) is 0 Å². The van der Waals surface area contributed by atoms with Crippen LogP contribution in [-0.4, -0.2) is 44.5 Å². The summed E-state index contributed by atoms with van der Waals surface area (Å²) in [5.41, 5.74) is 1.12. The second kappa shape index (κ2) is 9.66. The summed E-state index contributed by atoms with van der Waals surface area (Å²) in [6.07, 6.45) is 7.29. The highest BCUT2D eigenvalue weighted by Crippen LogP contribution is 2.39. The van der Waals surface area contributed by atoms with E-state index in [1.807, 2.05) is 41.7 Å². The number of hydrogen-bond donors (Lipinski definition) is 0. The molecule has 1 saturated carbocycles. The maximum atomic E-state index is 13.4. The van der Waals surface area contributed by atoms with Crippen molar-refractivity contribution in [1.29, 1.82) is 0 Å². The molecule has 0 aromatic heterocycles. The van der Waals surface area contributed by atoms with Crippen molar-refractivity contribution in [2.75, 3.05) is 13.6 Å². The van der Waals surface area contributed by atoms with Gasteiger partial charge < -0.3 is 9.45 Å². The first-order valence-electron chi connectivity index (χ1n) is 10.3. The molecule has 1 aromatic carbocycles. The van der Waals surface area contributed by atoms with E-state index in [0.29, 0.717) is 23.2 Å². The molecule has 0 spiro atoms.